The van der Waals surface area contributed by atoms with Gasteiger partial charge in [0.25, 0.3) is 5.69 Å². The molecule has 2 rings (SSSR count). The van der Waals surface area contributed by atoms with Crippen LogP contribution in [-0.2, 0) is 19.0 Å². The lowest BCUT2D eigenvalue weighted by atomic mass is 9.87. The molecule has 0 aromatic heterocycles. The fraction of sp³-hybridized carbons (Fsp3) is 0.400. The molecule has 8 nitrogen and oxygen atoms in total. The number of anilines is 1. The monoisotopic (exact) mass is 422 g/mol. The van der Waals surface area contributed by atoms with Crippen molar-refractivity contribution in [2.75, 3.05) is 19.5 Å². The zero-order valence-electron chi connectivity index (χ0n) is 17.5. The molecule has 0 saturated carbocycles. The van der Waals surface area contributed by atoms with Gasteiger partial charge in [-0.15, -0.1) is 0 Å². The zero-order valence-corrected chi connectivity index (χ0v) is 18.4. The molecule has 2 aromatic carbocycles. The summed E-state index contributed by atoms with van der Waals surface area (Å²) in [6.07, 6.45) is 0. The molecular weight excluding hydrogens is 395 g/mol. The maximum Gasteiger partial charge on any atom is 0.351 e. The van der Waals surface area contributed by atoms with Crippen LogP contribution in [0.25, 0.3) is 0 Å². The highest BCUT2D eigenvalue weighted by atomic mass is 31.2. The highest BCUT2D eigenvalue weighted by Gasteiger charge is 2.31. The average Bonchev–Trinajstić information content (AvgIpc) is 2.67. The second kappa shape index (κ2) is 8.95. The first-order valence-corrected chi connectivity index (χ1v) is 10.7. The van der Waals surface area contributed by atoms with Gasteiger partial charge in [0.1, 0.15) is 23.0 Å². The third kappa shape index (κ3) is 5.56. The number of nitro benzene ring substituents is 1. The van der Waals surface area contributed by atoms with Gasteiger partial charge < -0.3 is 19.1 Å². The molecule has 0 amide bonds. The van der Waals surface area contributed by atoms with Crippen LogP contribution in [0, 0.1) is 10.1 Å². The summed E-state index contributed by atoms with van der Waals surface area (Å²) in [5, 5.41) is 14.2. The van der Waals surface area contributed by atoms with Gasteiger partial charge in [-0.2, -0.15) is 0 Å². The molecule has 0 aliphatic heterocycles. The topological polar surface area (TPSA) is 99.9 Å². The zero-order chi connectivity index (χ0) is 21.8. The van der Waals surface area contributed by atoms with E-state index in [0.29, 0.717) is 11.5 Å². The minimum Gasteiger partial charge on any atom is -0.457 e. The SMILES string of the molecule is COP(=O)(OC)C(C)Nc1cc(Oc2ccc(C(C)(C)C)cc2)ccc1[N+](=O)[O-]. The molecule has 0 aliphatic carbocycles. The van der Waals surface area contributed by atoms with Crippen molar-refractivity contribution in [3.05, 3.63) is 58.1 Å². The summed E-state index contributed by atoms with van der Waals surface area (Å²) in [7, 11) is -0.942. The Labute approximate surface area is 170 Å². The molecule has 1 unspecified atom stereocenters. The molecule has 29 heavy (non-hydrogen) atoms. The van der Waals surface area contributed by atoms with Crippen molar-refractivity contribution in [3.8, 4) is 11.5 Å². The predicted molar refractivity (Wildman–Crippen MR) is 113 cm³/mol. The van der Waals surface area contributed by atoms with Crippen molar-refractivity contribution in [2.24, 2.45) is 0 Å². The summed E-state index contributed by atoms with van der Waals surface area (Å²) in [5.74, 6) is 0.196. The standard InChI is InChI=1S/C20H27N2O6P/c1-14(29(25,26-5)27-6)21-18-13-17(11-12-19(18)22(23)24)28-16-9-7-15(8-10-16)20(2,3)4/h7-14,21H,1-6H3. The van der Waals surface area contributed by atoms with Crippen molar-refractivity contribution in [1.29, 1.82) is 0 Å². The molecule has 158 valence electrons. The van der Waals surface area contributed by atoms with E-state index in [0.717, 1.165) is 0 Å². The minimum absolute atomic E-state index is 0.0236. The second-order valence-electron chi connectivity index (χ2n) is 7.54. The van der Waals surface area contributed by atoms with Gasteiger partial charge in [0.05, 0.1) is 4.92 Å². The summed E-state index contributed by atoms with van der Waals surface area (Å²) in [6, 6.07) is 12.0. The van der Waals surface area contributed by atoms with Crippen molar-refractivity contribution >= 4 is 19.0 Å². The lowest BCUT2D eigenvalue weighted by molar-refractivity contribution is -0.384. The van der Waals surface area contributed by atoms with Crippen molar-refractivity contribution < 1.29 is 23.3 Å². The second-order valence-corrected chi connectivity index (χ2v) is 10.1. The lowest BCUT2D eigenvalue weighted by Gasteiger charge is -2.22. The number of hydrogen-bond donors (Lipinski definition) is 1. The Hall–Kier alpha value is -2.41. The van der Waals surface area contributed by atoms with E-state index in [1.165, 1.54) is 38.0 Å². The third-order valence-electron chi connectivity index (χ3n) is 4.47. The summed E-state index contributed by atoms with van der Waals surface area (Å²) in [5.41, 5.74) is 1.17. The predicted octanol–water partition coefficient (Wildman–Crippen LogP) is 5.93. The summed E-state index contributed by atoms with van der Waals surface area (Å²) >= 11 is 0. The Bertz CT molecular complexity index is 900. The highest BCUT2D eigenvalue weighted by molar-refractivity contribution is 7.54. The van der Waals surface area contributed by atoms with Gasteiger partial charge >= 0.3 is 7.60 Å². The molecule has 0 heterocycles. The number of nitrogens with zero attached hydrogens (tertiary/aromatic N) is 1. The largest absolute Gasteiger partial charge is 0.457 e. The first-order chi connectivity index (χ1) is 13.5. The number of rotatable bonds is 8. The van der Waals surface area contributed by atoms with Crippen LogP contribution < -0.4 is 10.1 Å². The molecule has 0 bridgehead atoms. The summed E-state index contributed by atoms with van der Waals surface area (Å²) in [4.78, 5) is 10.9. The first kappa shape index (κ1) is 22.9. The number of ether oxygens (including phenoxy) is 1. The quantitative estimate of drug-likeness (QED) is 0.320. The van der Waals surface area contributed by atoms with E-state index in [9.17, 15) is 14.7 Å². The Morgan fingerprint density at radius 2 is 1.59 bits per heavy atom. The fourth-order valence-electron chi connectivity index (χ4n) is 2.71. The van der Waals surface area contributed by atoms with Crippen LogP contribution in [0.4, 0.5) is 11.4 Å². The molecule has 1 atom stereocenters. The van der Waals surface area contributed by atoms with E-state index in [-0.39, 0.29) is 16.8 Å². The smallest absolute Gasteiger partial charge is 0.351 e. The highest BCUT2D eigenvalue weighted by Crippen LogP contribution is 2.52. The van der Waals surface area contributed by atoms with Gasteiger partial charge in [0.15, 0.2) is 0 Å². The van der Waals surface area contributed by atoms with Crippen LogP contribution in [-0.4, -0.2) is 24.9 Å². The van der Waals surface area contributed by atoms with Crippen molar-refractivity contribution in [3.63, 3.8) is 0 Å². The lowest BCUT2D eigenvalue weighted by Crippen LogP contribution is -2.18. The van der Waals surface area contributed by atoms with Crippen LogP contribution in [0.3, 0.4) is 0 Å². The maximum atomic E-state index is 12.5. The molecule has 0 fully saturated rings. The fourth-order valence-corrected chi connectivity index (χ4v) is 3.79. The van der Waals surface area contributed by atoms with E-state index < -0.39 is 18.3 Å². The Kier molecular flexibility index (Phi) is 7.06. The van der Waals surface area contributed by atoms with Gasteiger partial charge in [0, 0.05) is 26.4 Å². The van der Waals surface area contributed by atoms with E-state index in [4.69, 9.17) is 13.8 Å². The molecule has 0 radical (unpaired) electrons. The van der Waals surface area contributed by atoms with Gasteiger partial charge in [-0.3, -0.25) is 14.7 Å². The molecule has 9 heteroatoms. The van der Waals surface area contributed by atoms with Gasteiger partial charge in [0.2, 0.25) is 0 Å². The molecule has 2 aromatic rings. The Morgan fingerprint density at radius 3 is 2.07 bits per heavy atom. The number of hydrogen-bond acceptors (Lipinski definition) is 7. The van der Waals surface area contributed by atoms with Crippen LogP contribution >= 0.6 is 7.60 Å². The van der Waals surface area contributed by atoms with Crippen LogP contribution in [0.15, 0.2) is 42.5 Å². The molecule has 0 saturated heterocycles. The molecular formula is C20H27N2O6P. The molecule has 1 N–H and O–H groups in total. The van der Waals surface area contributed by atoms with Gasteiger partial charge in [-0.25, -0.2) is 0 Å². The van der Waals surface area contributed by atoms with Crippen LogP contribution in [0.5, 0.6) is 11.5 Å². The van der Waals surface area contributed by atoms with Crippen LogP contribution in [0.2, 0.25) is 0 Å². The van der Waals surface area contributed by atoms with E-state index in [1.807, 2.05) is 24.3 Å². The Morgan fingerprint density at radius 1 is 1.03 bits per heavy atom. The van der Waals surface area contributed by atoms with Crippen molar-refractivity contribution in [2.45, 2.75) is 38.9 Å². The number of nitrogens with one attached hydrogen (secondary N) is 1. The number of nitro groups is 1. The van der Waals surface area contributed by atoms with Crippen molar-refractivity contribution in [1.82, 2.24) is 0 Å². The van der Waals surface area contributed by atoms with E-state index >= 15 is 0 Å². The third-order valence-corrected chi connectivity index (χ3v) is 6.56. The Balaban J connectivity index is 2.30. The number of benzene rings is 2. The van der Waals surface area contributed by atoms with E-state index in [1.54, 1.807) is 6.92 Å². The molecule has 0 spiro atoms. The average molecular weight is 422 g/mol. The maximum absolute atomic E-state index is 12.5. The molecule has 0 aliphatic rings. The van der Waals surface area contributed by atoms with Gasteiger partial charge in [-0.1, -0.05) is 32.9 Å². The first-order valence-electron chi connectivity index (χ1n) is 9.04. The van der Waals surface area contributed by atoms with Crippen LogP contribution in [0.1, 0.15) is 33.3 Å². The van der Waals surface area contributed by atoms with E-state index in [2.05, 4.69) is 26.1 Å². The van der Waals surface area contributed by atoms with Gasteiger partial charge in [-0.05, 0) is 36.1 Å². The minimum atomic E-state index is -3.47. The normalized spacial score (nSPS) is 13.0. The summed E-state index contributed by atoms with van der Waals surface area (Å²) in [6.45, 7) is 7.93. The summed E-state index contributed by atoms with van der Waals surface area (Å²) < 4.78 is 28.3.